The highest BCUT2D eigenvalue weighted by Gasteiger charge is 2.00. The molecule has 1 aromatic heterocycles. The van der Waals surface area contributed by atoms with Crippen molar-refractivity contribution in [2.24, 2.45) is 4.99 Å². The van der Waals surface area contributed by atoms with Gasteiger partial charge >= 0.3 is 0 Å². The second kappa shape index (κ2) is 4.70. The Morgan fingerprint density at radius 1 is 1.11 bits per heavy atom. The highest BCUT2D eigenvalue weighted by molar-refractivity contribution is 6.30. The molecular weight excluding hydrogens is 264 g/mol. The largest absolute Gasteiger partial charge is 0.507 e. The fraction of sp³-hybridized carbons (Fsp3) is 0. The molecule has 0 radical (unpaired) electrons. The molecular formula is C13H9ClN4O. The lowest BCUT2D eigenvalue weighted by atomic mass is 10.2. The van der Waals surface area contributed by atoms with Crippen molar-refractivity contribution in [3.63, 3.8) is 0 Å². The Morgan fingerprint density at radius 3 is 2.84 bits per heavy atom. The Hall–Kier alpha value is -2.40. The fourth-order valence-electron chi connectivity index (χ4n) is 1.68. The summed E-state index contributed by atoms with van der Waals surface area (Å²) in [5.41, 5.74) is 2.81. The Bertz CT molecular complexity index is 766. The van der Waals surface area contributed by atoms with Gasteiger partial charge in [0.15, 0.2) is 0 Å². The van der Waals surface area contributed by atoms with Gasteiger partial charge in [-0.3, -0.25) is 4.99 Å². The summed E-state index contributed by atoms with van der Waals surface area (Å²) >= 11 is 5.87. The van der Waals surface area contributed by atoms with E-state index < -0.39 is 0 Å². The van der Waals surface area contributed by atoms with Gasteiger partial charge in [-0.1, -0.05) is 11.6 Å². The van der Waals surface area contributed by atoms with Crippen molar-refractivity contribution < 1.29 is 5.11 Å². The van der Waals surface area contributed by atoms with Gasteiger partial charge in [0, 0.05) is 16.8 Å². The van der Waals surface area contributed by atoms with Gasteiger partial charge in [-0.25, -0.2) is 0 Å². The molecule has 0 atom stereocenters. The minimum Gasteiger partial charge on any atom is -0.507 e. The zero-order chi connectivity index (χ0) is 13.2. The van der Waals surface area contributed by atoms with Crippen LogP contribution in [0, 0.1) is 0 Å². The molecule has 0 bridgehead atoms. The topological polar surface area (TPSA) is 74.2 Å². The number of halogens is 1. The number of hydrogen-bond acceptors (Lipinski definition) is 4. The number of phenols is 1. The van der Waals surface area contributed by atoms with Gasteiger partial charge in [0.2, 0.25) is 0 Å². The molecule has 3 rings (SSSR count). The molecule has 3 aromatic rings. The highest BCUT2D eigenvalue weighted by atomic mass is 35.5. The number of benzene rings is 2. The summed E-state index contributed by atoms with van der Waals surface area (Å²) in [7, 11) is 0. The van der Waals surface area contributed by atoms with E-state index in [2.05, 4.69) is 20.4 Å². The number of H-pyrrole nitrogens is 1. The third-order valence-corrected chi connectivity index (χ3v) is 2.88. The zero-order valence-corrected chi connectivity index (χ0v) is 10.5. The first-order valence-electron chi connectivity index (χ1n) is 5.55. The number of nitrogens with one attached hydrogen (secondary N) is 1. The van der Waals surface area contributed by atoms with Crippen LogP contribution in [0.1, 0.15) is 5.56 Å². The number of aliphatic imine (C=N–C) groups is 1. The van der Waals surface area contributed by atoms with Crippen LogP contribution in [0.25, 0.3) is 11.0 Å². The number of aromatic amines is 1. The Morgan fingerprint density at radius 2 is 1.95 bits per heavy atom. The first kappa shape index (κ1) is 11.7. The van der Waals surface area contributed by atoms with Crippen LogP contribution in [0.4, 0.5) is 5.69 Å². The van der Waals surface area contributed by atoms with Crippen LogP contribution < -0.4 is 0 Å². The van der Waals surface area contributed by atoms with Crippen LogP contribution in [0.15, 0.2) is 41.4 Å². The second-order valence-electron chi connectivity index (χ2n) is 3.96. The molecule has 0 spiro atoms. The van der Waals surface area contributed by atoms with Gasteiger partial charge in [-0.05, 0) is 36.4 Å². The van der Waals surface area contributed by atoms with Crippen molar-refractivity contribution in [2.45, 2.75) is 0 Å². The molecule has 1 heterocycles. The molecule has 19 heavy (non-hydrogen) atoms. The summed E-state index contributed by atoms with van der Waals surface area (Å²) in [5.74, 6) is 0.135. The maximum Gasteiger partial charge on any atom is 0.124 e. The smallest absolute Gasteiger partial charge is 0.124 e. The molecule has 6 heteroatoms. The van der Waals surface area contributed by atoms with Crippen LogP contribution in [0.2, 0.25) is 5.02 Å². The van der Waals surface area contributed by atoms with Crippen molar-refractivity contribution >= 4 is 34.5 Å². The summed E-state index contributed by atoms with van der Waals surface area (Å²) in [4.78, 5) is 4.28. The van der Waals surface area contributed by atoms with E-state index in [0.717, 1.165) is 16.7 Å². The van der Waals surface area contributed by atoms with Crippen LogP contribution in [-0.4, -0.2) is 26.7 Å². The van der Waals surface area contributed by atoms with Crippen molar-refractivity contribution in [1.29, 1.82) is 0 Å². The van der Waals surface area contributed by atoms with Gasteiger partial charge in [0.1, 0.15) is 16.8 Å². The zero-order valence-electron chi connectivity index (χ0n) is 9.71. The summed E-state index contributed by atoms with van der Waals surface area (Å²) < 4.78 is 0. The maximum atomic E-state index is 9.67. The first-order valence-corrected chi connectivity index (χ1v) is 5.93. The Kier molecular flexibility index (Phi) is 2.89. The molecule has 0 aliphatic heterocycles. The third kappa shape index (κ3) is 2.41. The summed E-state index contributed by atoms with van der Waals surface area (Å²) in [6.07, 6.45) is 1.56. The van der Waals surface area contributed by atoms with E-state index in [1.165, 1.54) is 6.07 Å². The van der Waals surface area contributed by atoms with E-state index in [-0.39, 0.29) is 5.75 Å². The molecule has 0 fully saturated rings. The van der Waals surface area contributed by atoms with E-state index in [0.29, 0.717) is 10.6 Å². The predicted octanol–water partition coefficient (Wildman–Crippen LogP) is 3.07. The van der Waals surface area contributed by atoms with E-state index in [4.69, 9.17) is 11.6 Å². The van der Waals surface area contributed by atoms with Crippen molar-refractivity contribution in [1.82, 2.24) is 15.4 Å². The summed E-state index contributed by atoms with van der Waals surface area (Å²) in [6, 6.07) is 10.2. The highest BCUT2D eigenvalue weighted by Crippen LogP contribution is 2.22. The van der Waals surface area contributed by atoms with Crippen molar-refractivity contribution in [3.05, 3.63) is 47.0 Å². The summed E-state index contributed by atoms with van der Waals surface area (Å²) in [5, 5.41) is 20.7. The molecule has 94 valence electrons. The monoisotopic (exact) mass is 272 g/mol. The van der Waals surface area contributed by atoms with Crippen LogP contribution in [0.3, 0.4) is 0 Å². The molecule has 2 N–H and O–H groups in total. The van der Waals surface area contributed by atoms with Crippen molar-refractivity contribution in [2.75, 3.05) is 0 Å². The number of phenolic OH excluding ortho intramolecular Hbond substituents is 1. The van der Waals surface area contributed by atoms with Gasteiger partial charge in [0.05, 0.1) is 5.69 Å². The van der Waals surface area contributed by atoms with Gasteiger partial charge < -0.3 is 5.11 Å². The van der Waals surface area contributed by atoms with Gasteiger partial charge in [-0.2, -0.15) is 15.4 Å². The Labute approximate surface area is 113 Å². The second-order valence-corrected chi connectivity index (χ2v) is 4.39. The van der Waals surface area contributed by atoms with E-state index in [9.17, 15) is 5.11 Å². The number of aromatic hydroxyl groups is 1. The maximum absolute atomic E-state index is 9.67. The number of rotatable bonds is 2. The molecule has 0 saturated heterocycles. The minimum atomic E-state index is 0.135. The molecule has 0 unspecified atom stereocenters. The third-order valence-electron chi connectivity index (χ3n) is 2.64. The molecule has 5 nitrogen and oxygen atoms in total. The van der Waals surface area contributed by atoms with E-state index in [1.54, 1.807) is 24.4 Å². The molecule has 0 aliphatic carbocycles. The lowest BCUT2D eigenvalue weighted by Crippen LogP contribution is -1.82. The van der Waals surface area contributed by atoms with E-state index >= 15 is 0 Å². The SMILES string of the molecule is Oc1ccc(Cl)cc1C=Nc1ccc2n[nH]nc2c1. The first-order chi connectivity index (χ1) is 9.22. The summed E-state index contributed by atoms with van der Waals surface area (Å²) in [6.45, 7) is 0. The average Bonchev–Trinajstić information content (AvgIpc) is 2.87. The number of nitrogens with zero attached hydrogens (tertiary/aromatic N) is 3. The van der Waals surface area contributed by atoms with Crippen LogP contribution in [0.5, 0.6) is 5.75 Å². The van der Waals surface area contributed by atoms with Crippen LogP contribution >= 0.6 is 11.6 Å². The fourth-order valence-corrected chi connectivity index (χ4v) is 1.86. The van der Waals surface area contributed by atoms with Gasteiger partial charge in [-0.15, -0.1) is 0 Å². The minimum absolute atomic E-state index is 0.135. The Balaban J connectivity index is 1.95. The molecule has 0 saturated carbocycles. The molecule has 2 aromatic carbocycles. The standard InChI is InChI=1S/C13H9ClN4O/c14-9-1-4-13(19)8(5-9)7-15-10-2-3-11-12(6-10)17-18-16-11/h1-7,19H,(H,16,17,18). The number of hydrogen-bond donors (Lipinski definition) is 2. The molecule has 0 amide bonds. The number of fused-ring (bicyclic) bond motifs is 1. The lowest BCUT2D eigenvalue weighted by Gasteiger charge is -1.99. The molecule has 0 aliphatic rings. The van der Waals surface area contributed by atoms with Crippen molar-refractivity contribution in [3.8, 4) is 5.75 Å². The van der Waals surface area contributed by atoms with E-state index in [1.807, 2.05) is 12.1 Å². The average molecular weight is 273 g/mol. The predicted molar refractivity (Wildman–Crippen MR) is 74.3 cm³/mol. The lowest BCUT2D eigenvalue weighted by molar-refractivity contribution is 0.474. The van der Waals surface area contributed by atoms with Crippen LogP contribution in [-0.2, 0) is 0 Å². The van der Waals surface area contributed by atoms with Gasteiger partial charge in [0.25, 0.3) is 0 Å². The normalized spacial score (nSPS) is 11.4. The number of aromatic nitrogens is 3. The quantitative estimate of drug-likeness (QED) is 0.704.